The van der Waals surface area contributed by atoms with E-state index in [1.807, 2.05) is 19.1 Å². The summed E-state index contributed by atoms with van der Waals surface area (Å²) in [6, 6.07) is 3.88. The van der Waals surface area contributed by atoms with Crippen molar-refractivity contribution in [1.29, 1.82) is 0 Å². The summed E-state index contributed by atoms with van der Waals surface area (Å²) in [5, 5.41) is 0. The zero-order chi connectivity index (χ0) is 11.5. The first kappa shape index (κ1) is 11.0. The standard InChI is InChI=1S/C12H17N3O/c1-3-9(6-13)12-14-7-10(15-12)11-5-4-8(2)16-11/h4-5,7,9H,3,6,13H2,1-2H3,(H,14,15). The summed E-state index contributed by atoms with van der Waals surface area (Å²) in [7, 11) is 0. The van der Waals surface area contributed by atoms with Crippen LogP contribution in [0.15, 0.2) is 22.7 Å². The Labute approximate surface area is 94.9 Å². The summed E-state index contributed by atoms with van der Waals surface area (Å²) in [6.07, 6.45) is 2.78. The van der Waals surface area contributed by atoms with Gasteiger partial charge in [0.2, 0.25) is 0 Å². The van der Waals surface area contributed by atoms with Crippen LogP contribution in [0, 0.1) is 6.92 Å². The van der Waals surface area contributed by atoms with Gasteiger partial charge in [-0.05, 0) is 25.5 Å². The first-order chi connectivity index (χ1) is 7.74. The summed E-state index contributed by atoms with van der Waals surface area (Å²) in [4.78, 5) is 7.61. The molecule has 0 saturated heterocycles. The van der Waals surface area contributed by atoms with Crippen molar-refractivity contribution in [2.75, 3.05) is 6.54 Å². The number of nitrogens with two attached hydrogens (primary N) is 1. The Bertz CT molecular complexity index is 454. The second kappa shape index (κ2) is 4.53. The van der Waals surface area contributed by atoms with Crippen molar-refractivity contribution in [3.8, 4) is 11.5 Å². The van der Waals surface area contributed by atoms with Crippen LogP contribution in [0.4, 0.5) is 0 Å². The van der Waals surface area contributed by atoms with Gasteiger partial charge in [0.25, 0.3) is 0 Å². The fraction of sp³-hybridized carbons (Fsp3) is 0.417. The molecule has 0 bridgehead atoms. The number of nitrogens with one attached hydrogen (secondary N) is 1. The lowest BCUT2D eigenvalue weighted by molar-refractivity contribution is 0.546. The van der Waals surface area contributed by atoms with Crippen molar-refractivity contribution in [1.82, 2.24) is 9.97 Å². The molecule has 0 aliphatic rings. The maximum absolute atomic E-state index is 5.68. The first-order valence-corrected chi connectivity index (χ1v) is 5.56. The Kier molecular flexibility index (Phi) is 3.10. The van der Waals surface area contributed by atoms with Gasteiger partial charge in [-0.15, -0.1) is 0 Å². The number of aryl methyl sites for hydroxylation is 1. The molecule has 0 radical (unpaired) electrons. The molecule has 3 N–H and O–H groups in total. The van der Waals surface area contributed by atoms with Gasteiger partial charge in [-0.25, -0.2) is 4.98 Å². The highest BCUT2D eigenvalue weighted by Gasteiger charge is 2.13. The Morgan fingerprint density at radius 1 is 1.50 bits per heavy atom. The zero-order valence-electron chi connectivity index (χ0n) is 9.66. The second-order valence-electron chi connectivity index (χ2n) is 3.93. The molecule has 0 fully saturated rings. The molecule has 4 nitrogen and oxygen atoms in total. The molecular weight excluding hydrogens is 202 g/mol. The lowest BCUT2D eigenvalue weighted by Gasteiger charge is -2.07. The van der Waals surface area contributed by atoms with Gasteiger partial charge >= 0.3 is 0 Å². The van der Waals surface area contributed by atoms with Crippen LogP contribution in [-0.4, -0.2) is 16.5 Å². The average Bonchev–Trinajstić information content (AvgIpc) is 2.89. The molecule has 1 unspecified atom stereocenters. The Morgan fingerprint density at radius 2 is 2.31 bits per heavy atom. The van der Waals surface area contributed by atoms with E-state index in [2.05, 4.69) is 16.9 Å². The predicted octanol–water partition coefficient (Wildman–Crippen LogP) is 2.43. The van der Waals surface area contributed by atoms with Crippen LogP contribution >= 0.6 is 0 Å². The molecule has 0 amide bonds. The quantitative estimate of drug-likeness (QED) is 0.829. The molecule has 2 aromatic rings. The van der Waals surface area contributed by atoms with Crippen LogP contribution < -0.4 is 5.73 Å². The maximum atomic E-state index is 5.68. The van der Waals surface area contributed by atoms with Crippen molar-refractivity contribution < 1.29 is 4.42 Å². The molecule has 4 heteroatoms. The highest BCUT2D eigenvalue weighted by molar-refractivity contribution is 5.51. The van der Waals surface area contributed by atoms with Gasteiger partial charge in [-0.1, -0.05) is 6.92 Å². The lowest BCUT2D eigenvalue weighted by Crippen LogP contribution is -2.12. The molecule has 2 rings (SSSR count). The molecule has 0 aliphatic carbocycles. The van der Waals surface area contributed by atoms with E-state index in [0.29, 0.717) is 12.5 Å². The van der Waals surface area contributed by atoms with Gasteiger partial charge in [0, 0.05) is 12.5 Å². The molecule has 0 aromatic carbocycles. The van der Waals surface area contributed by atoms with E-state index in [9.17, 15) is 0 Å². The fourth-order valence-electron chi connectivity index (χ4n) is 1.72. The smallest absolute Gasteiger partial charge is 0.152 e. The molecule has 0 spiro atoms. The van der Waals surface area contributed by atoms with Crippen molar-refractivity contribution in [3.05, 3.63) is 29.9 Å². The SMILES string of the molecule is CCC(CN)c1ncc(-c2ccc(C)o2)[nH]1. The molecule has 0 saturated carbocycles. The summed E-state index contributed by atoms with van der Waals surface area (Å²) in [5.41, 5.74) is 6.60. The van der Waals surface area contributed by atoms with E-state index >= 15 is 0 Å². The van der Waals surface area contributed by atoms with E-state index in [1.165, 1.54) is 0 Å². The van der Waals surface area contributed by atoms with Crippen LogP contribution in [0.2, 0.25) is 0 Å². The number of furan rings is 1. The third-order valence-corrected chi connectivity index (χ3v) is 2.77. The molecule has 86 valence electrons. The summed E-state index contributed by atoms with van der Waals surface area (Å²) < 4.78 is 5.53. The minimum Gasteiger partial charge on any atom is -0.460 e. The van der Waals surface area contributed by atoms with E-state index in [0.717, 1.165) is 29.5 Å². The topological polar surface area (TPSA) is 67.8 Å². The number of rotatable bonds is 4. The van der Waals surface area contributed by atoms with Crippen LogP contribution in [0.1, 0.15) is 30.8 Å². The predicted molar refractivity (Wildman–Crippen MR) is 63.1 cm³/mol. The maximum Gasteiger partial charge on any atom is 0.152 e. The third kappa shape index (κ3) is 2.02. The van der Waals surface area contributed by atoms with Crippen LogP contribution in [0.25, 0.3) is 11.5 Å². The van der Waals surface area contributed by atoms with Gasteiger partial charge in [0.1, 0.15) is 17.3 Å². The van der Waals surface area contributed by atoms with E-state index < -0.39 is 0 Å². The molecule has 1 atom stereocenters. The second-order valence-corrected chi connectivity index (χ2v) is 3.93. The molecule has 0 aliphatic heterocycles. The Balaban J connectivity index is 2.25. The van der Waals surface area contributed by atoms with E-state index in [4.69, 9.17) is 10.2 Å². The van der Waals surface area contributed by atoms with Crippen molar-refractivity contribution in [2.24, 2.45) is 5.73 Å². The monoisotopic (exact) mass is 219 g/mol. The molecular formula is C12H17N3O. The normalized spacial score (nSPS) is 12.9. The molecule has 2 heterocycles. The Morgan fingerprint density at radius 3 is 2.88 bits per heavy atom. The van der Waals surface area contributed by atoms with Gasteiger partial charge in [0.05, 0.1) is 6.20 Å². The fourth-order valence-corrected chi connectivity index (χ4v) is 1.72. The molecule has 2 aromatic heterocycles. The lowest BCUT2D eigenvalue weighted by atomic mass is 10.1. The number of imidazole rings is 1. The first-order valence-electron chi connectivity index (χ1n) is 5.56. The largest absolute Gasteiger partial charge is 0.460 e. The van der Waals surface area contributed by atoms with Crippen molar-refractivity contribution in [2.45, 2.75) is 26.2 Å². The van der Waals surface area contributed by atoms with Gasteiger partial charge in [-0.2, -0.15) is 0 Å². The average molecular weight is 219 g/mol. The minimum absolute atomic E-state index is 0.296. The summed E-state index contributed by atoms with van der Waals surface area (Å²) >= 11 is 0. The zero-order valence-corrected chi connectivity index (χ0v) is 9.66. The highest BCUT2D eigenvalue weighted by Crippen LogP contribution is 2.22. The van der Waals surface area contributed by atoms with E-state index in [1.54, 1.807) is 6.20 Å². The number of hydrogen-bond acceptors (Lipinski definition) is 3. The number of H-pyrrole nitrogens is 1. The highest BCUT2D eigenvalue weighted by atomic mass is 16.3. The number of hydrogen-bond donors (Lipinski definition) is 2. The van der Waals surface area contributed by atoms with Crippen molar-refractivity contribution >= 4 is 0 Å². The van der Waals surface area contributed by atoms with Gasteiger partial charge < -0.3 is 15.1 Å². The summed E-state index contributed by atoms with van der Waals surface area (Å²) in [6.45, 7) is 4.65. The van der Waals surface area contributed by atoms with Crippen LogP contribution in [0.3, 0.4) is 0 Å². The number of nitrogens with zero attached hydrogens (tertiary/aromatic N) is 1. The van der Waals surface area contributed by atoms with E-state index in [-0.39, 0.29) is 0 Å². The van der Waals surface area contributed by atoms with Gasteiger partial charge in [-0.3, -0.25) is 0 Å². The van der Waals surface area contributed by atoms with Crippen molar-refractivity contribution in [3.63, 3.8) is 0 Å². The Hall–Kier alpha value is -1.55. The van der Waals surface area contributed by atoms with Crippen LogP contribution in [-0.2, 0) is 0 Å². The third-order valence-electron chi connectivity index (χ3n) is 2.77. The van der Waals surface area contributed by atoms with Crippen LogP contribution in [0.5, 0.6) is 0 Å². The molecule has 16 heavy (non-hydrogen) atoms. The number of aromatic nitrogens is 2. The number of aromatic amines is 1. The minimum atomic E-state index is 0.296. The summed E-state index contributed by atoms with van der Waals surface area (Å²) in [5.74, 6) is 2.96. The van der Waals surface area contributed by atoms with Gasteiger partial charge in [0.15, 0.2) is 5.76 Å².